The van der Waals surface area contributed by atoms with Gasteiger partial charge in [-0.25, -0.2) is 4.98 Å². The quantitative estimate of drug-likeness (QED) is 0.173. The van der Waals surface area contributed by atoms with Crippen LogP contribution in [0.1, 0.15) is 33.4 Å². The third kappa shape index (κ3) is 5.58. The summed E-state index contributed by atoms with van der Waals surface area (Å²) in [7, 11) is 0. The van der Waals surface area contributed by atoms with Gasteiger partial charge in [-0.15, -0.1) is 0 Å². The van der Waals surface area contributed by atoms with E-state index in [1.807, 2.05) is 48.2 Å². The number of benzene rings is 9. The molecule has 0 atom stereocenters. The molecule has 9 aromatic carbocycles. The highest BCUT2D eigenvalue weighted by molar-refractivity contribution is 7.99. The highest BCUT2D eigenvalue weighted by Gasteiger charge is 2.50. The van der Waals surface area contributed by atoms with Gasteiger partial charge in [0.15, 0.2) is 0 Å². The van der Waals surface area contributed by atoms with Crippen LogP contribution in [0.5, 0.6) is 0 Å². The van der Waals surface area contributed by atoms with Gasteiger partial charge < -0.3 is 0 Å². The summed E-state index contributed by atoms with van der Waals surface area (Å²) >= 11 is 1.82. The minimum Gasteiger partial charge on any atom is -0.292 e. The third-order valence-corrected chi connectivity index (χ3v) is 14.0. The van der Waals surface area contributed by atoms with E-state index in [9.17, 15) is 10.5 Å². The van der Waals surface area contributed by atoms with Crippen molar-refractivity contribution in [2.75, 3.05) is 0 Å². The molecule has 2 heterocycles. The number of hydrogen-bond acceptors (Lipinski definition) is 4. The van der Waals surface area contributed by atoms with Crippen LogP contribution < -0.4 is 0 Å². The zero-order valence-electron chi connectivity index (χ0n) is 33.8. The van der Waals surface area contributed by atoms with Crippen LogP contribution in [0, 0.1) is 22.7 Å². The molecule has 0 fully saturated rings. The molecule has 63 heavy (non-hydrogen) atoms. The van der Waals surface area contributed by atoms with Crippen LogP contribution in [0.4, 0.5) is 0 Å². The fourth-order valence-corrected chi connectivity index (χ4v) is 11.3. The van der Waals surface area contributed by atoms with Gasteiger partial charge in [0.05, 0.1) is 39.7 Å². The Morgan fingerprint density at radius 2 is 1.08 bits per heavy atom. The Bertz CT molecular complexity index is 3520. The first kappa shape index (κ1) is 36.6. The van der Waals surface area contributed by atoms with E-state index in [2.05, 4.69) is 180 Å². The van der Waals surface area contributed by atoms with Crippen molar-refractivity contribution in [2.45, 2.75) is 15.2 Å². The van der Waals surface area contributed by atoms with Gasteiger partial charge >= 0.3 is 0 Å². The van der Waals surface area contributed by atoms with E-state index in [1.165, 1.54) is 43.2 Å². The first-order chi connectivity index (χ1) is 31.1. The van der Waals surface area contributed by atoms with Crippen LogP contribution >= 0.6 is 11.8 Å². The lowest BCUT2D eigenvalue weighted by Crippen LogP contribution is -2.32. The molecule has 0 bridgehead atoms. The predicted octanol–water partition coefficient (Wildman–Crippen LogP) is 14.3. The Morgan fingerprint density at radius 3 is 1.84 bits per heavy atom. The summed E-state index contributed by atoms with van der Waals surface area (Å²) in [5.41, 5.74) is 18.0. The molecule has 5 heteroatoms. The zero-order valence-corrected chi connectivity index (χ0v) is 34.6. The maximum absolute atomic E-state index is 10.4. The van der Waals surface area contributed by atoms with Gasteiger partial charge in [0.25, 0.3) is 0 Å². The average molecular weight is 819 g/mol. The SMILES string of the molecule is N#Cc1cccc(-c2cc(-c3cc(-c4ccc(-c5nc6ccccc6n5-c5ccccc5)cc4)cc4c3Sc3ccccc3C43c4ccccc4-c4ccccc43)ccc2C#N)c1. The molecule has 0 saturated heterocycles. The summed E-state index contributed by atoms with van der Waals surface area (Å²) in [5, 5.41) is 20.2. The Hall–Kier alpha value is -8.22. The molecule has 0 unspecified atom stereocenters. The van der Waals surface area contributed by atoms with Gasteiger partial charge in [0.1, 0.15) is 5.82 Å². The second-order valence-electron chi connectivity index (χ2n) is 16.1. The van der Waals surface area contributed by atoms with Gasteiger partial charge in [-0.05, 0) is 128 Å². The Morgan fingerprint density at radius 1 is 0.444 bits per heavy atom. The molecule has 1 aromatic heterocycles. The minimum atomic E-state index is -0.591. The largest absolute Gasteiger partial charge is 0.292 e. The van der Waals surface area contributed by atoms with Crippen LogP contribution in [0.25, 0.3) is 72.6 Å². The predicted molar refractivity (Wildman–Crippen MR) is 254 cm³/mol. The molecule has 0 radical (unpaired) electrons. The van der Waals surface area contributed by atoms with Gasteiger partial charge in [-0.1, -0.05) is 151 Å². The topological polar surface area (TPSA) is 65.4 Å². The molecule has 4 nitrogen and oxygen atoms in total. The maximum Gasteiger partial charge on any atom is 0.145 e. The second-order valence-corrected chi connectivity index (χ2v) is 17.1. The van der Waals surface area contributed by atoms with Crippen LogP contribution in [-0.4, -0.2) is 9.55 Å². The van der Waals surface area contributed by atoms with Crippen LogP contribution in [0.2, 0.25) is 0 Å². The van der Waals surface area contributed by atoms with E-state index < -0.39 is 5.41 Å². The second kappa shape index (κ2) is 14.5. The van der Waals surface area contributed by atoms with Crippen molar-refractivity contribution in [1.29, 1.82) is 10.5 Å². The molecule has 292 valence electrons. The lowest BCUT2D eigenvalue weighted by atomic mass is 9.66. The van der Waals surface area contributed by atoms with Crippen molar-refractivity contribution in [1.82, 2.24) is 9.55 Å². The monoisotopic (exact) mass is 818 g/mol. The van der Waals surface area contributed by atoms with Crippen molar-refractivity contribution in [3.8, 4) is 73.7 Å². The lowest BCUT2D eigenvalue weighted by molar-refractivity contribution is 0.723. The minimum absolute atomic E-state index is 0.552. The molecule has 1 aliphatic heterocycles. The molecule has 12 rings (SSSR count). The molecule has 0 N–H and O–H groups in total. The molecule has 0 amide bonds. The maximum atomic E-state index is 10.4. The van der Waals surface area contributed by atoms with E-state index in [0.717, 1.165) is 61.5 Å². The number of aromatic nitrogens is 2. The van der Waals surface area contributed by atoms with E-state index in [-0.39, 0.29) is 0 Å². The lowest BCUT2D eigenvalue weighted by Gasteiger charge is -2.40. The van der Waals surface area contributed by atoms with Gasteiger partial charge in [0.2, 0.25) is 0 Å². The normalized spacial score (nSPS) is 12.8. The first-order valence-corrected chi connectivity index (χ1v) is 21.8. The number of fused-ring (bicyclic) bond motifs is 10. The van der Waals surface area contributed by atoms with E-state index in [4.69, 9.17) is 4.98 Å². The average Bonchev–Trinajstić information content (AvgIpc) is 3.89. The summed E-state index contributed by atoms with van der Waals surface area (Å²) in [4.78, 5) is 7.56. The molecule has 1 aliphatic carbocycles. The number of nitriles is 2. The fraction of sp³-hybridized carbons (Fsp3) is 0.0172. The molecular weight excluding hydrogens is 785 g/mol. The van der Waals surface area contributed by atoms with E-state index in [1.54, 1.807) is 6.07 Å². The Labute approximate surface area is 369 Å². The third-order valence-electron chi connectivity index (χ3n) is 12.8. The van der Waals surface area contributed by atoms with Crippen LogP contribution in [-0.2, 0) is 5.41 Å². The number of hydrogen-bond donors (Lipinski definition) is 0. The summed E-state index contributed by atoms with van der Waals surface area (Å²) in [6.07, 6.45) is 0. The molecule has 10 aromatic rings. The Kier molecular flexibility index (Phi) is 8.41. The van der Waals surface area contributed by atoms with E-state index in [0.29, 0.717) is 11.1 Å². The first-order valence-electron chi connectivity index (χ1n) is 21.0. The number of nitrogens with zero attached hydrogens (tertiary/aromatic N) is 4. The molecular formula is C58H34N4S. The standard InChI is InChI=1S/C58H34N4S/c59-35-37-13-12-14-40(31-37)47-32-41(29-30-42(47)36-60)48-33-43(38-25-27-39(28-26-38)57-61-53-22-9-10-23-54(53)62(57)44-15-2-1-3-16-44)34-52-56(48)63-55-24-11-8-21-51(55)58(52)49-19-6-4-17-45(49)46-18-5-7-20-50(46)58/h1-34H. The summed E-state index contributed by atoms with van der Waals surface area (Å²) in [6, 6.07) is 77.4. The summed E-state index contributed by atoms with van der Waals surface area (Å²) in [5.74, 6) is 0.886. The van der Waals surface area contributed by atoms with Crippen molar-refractivity contribution < 1.29 is 0 Å². The van der Waals surface area contributed by atoms with Crippen LogP contribution in [0.3, 0.4) is 0 Å². The highest BCUT2D eigenvalue weighted by Crippen LogP contribution is 2.63. The highest BCUT2D eigenvalue weighted by atomic mass is 32.2. The van der Waals surface area contributed by atoms with Gasteiger partial charge in [-0.2, -0.15) is 10.5 Å². The zero-order chi connectivity index (χ0) is 42.1. The smallest absolute Gasteiger partial charge is 0.145 e. The number of rotatable bonds is 5. The van der Waals surface area contributed by atoms with Gasteiger partial charge in [-0.3, -0.25) is 4.57 Å². The van der Waals surface area contributed by atoms with Crippen molar-refractivity contribution >= 4 is 22.8 Å². The van der Waals surface area contributed by atoms with E-state index >= 15 is 0 Å². The van der Waals surface area contributed by atoms with Crippen LogP contribution in [0.15, 0.2) is 216 Å². The molecule has 2 aliphatic rings. The van der Waals surface area contributed by atoms with Crippen molar-refractivity contribution in [3.05, 3.63) is 240 Å². The fourth-order valence-electron chi connectivity index (χ4n) is 10.0. The molecule has 0 saturated carbocycles. The number of para-hydroxylation sites is 3. The van der Waals surface area contributed by atoms with Gasteiger partial charge in [0, 0.05) is 26.6 Å². The summed E-state index contributed by atoms with van der Waals surface area (Å²) in [6.45, 7) is 0. The van der Waals surface area contributed by atoms with Crippen molar-refractivity contribution in [2.24, 2.45) is 0 Å². The summed E-state index contributed by atoms with van der Waals surface area (Å²) < 4.78 is 2.24. The molecule has 1 spiro atoms. The Balaban J connectivity index is 1.12. The number of imidazole rings is 1. The van der Waals surface area contributed by atoms with Crippen molar-refractivity contribution in [3.63, 3.8) is 0 Å².